The van der Waals surface area contributed by atoms with Gasteiger partial charge in [0.25, 0.3) is 5.91 Å². The summed E-state index contributed by atoms with van der Waals surface area (Å²) in [5.41, 5.74) is 2.24. The maximum atomic E-state index is 14.5. The van der Waals surface area contributed by atoms with Crippen molar-refractivity contribution < 1.29 is 19.4 Å². The van der Waals surface area contributed by atoms with Gasteiger partial charge in [-0.05, 0) is 30.3 Å². The van der Waals surface area contributed by atoms with Crippen LogP contribution in [0, 0.1) is 0 Å². The third-order valence-corrected chi connectivity index (χ3v) is 6.03. The van der Waals surface area contributed by atoms with Crippen LogP contribution in [-0.2, 0) is 9.53 Å². The van der Waals surface area contributed by atoms with E-state index in [1.165, 1.54) is 12.0 Å². The molecule has 0 radical (unpaired) electrons. The van der Waals surface area contributed by atoms with Crippen LogP contribution in [0.3, 0.4) is 0 Å². The molecular formula is C30H23N3O4. The van der Waals surface area contributed by atoms with Gasteiger partial charge in [0.05, 0.1) is 23.9 Å². The van der Waals surface area contributed by atoms with E-state index in [2.05, 4.69) is 9.97 Å². The SMILES string of the molecule is COC(=O)C(c1ccccn1)N(C(=O)c1c(O)c(-c2ccccc2)nc2ccccc12)c1ccccc1. The Morgan fingerprint density at radius 1 is 0.838 bits per heavy atom. The number of carbonyl (C=O) groups excluding carboxylic acids is 2. The summed E-state index contributed by atoms with van der Waals surface area (Å²) in [5, 5.41) is 12.0. The van der Waals surface area contributed by atoms with Crippen LogP contribution >= 0.6 is 0 Å². The van der Waals surface area contributed by atoms with Gasteiger partial charge in [0.1, 0.15) is 5.69 Å². The Labute approximate surface area is 213 Å². The number of rotatable bonds is 6. The number of aromatic hydroxyl groups is 1. The van der Waals surface area contributed by atoms with E-state index in [1.807, 2.05) is 42.5 Å². The molecule has 1 atom stereocenters. The molecule has 7 heteroatoms. The monoisotopic (exact) mass is 489 g/mol. The van der Waals surface area contributed by atoms with E-state index in [1.54, 1.807) is 66.9 Å². The molecule has 2 heterocycles. The quantitative estimate of drug-likeness (QED) is 0.314. The second kappa shape index (κ2) is 10.3. The molecule has 7 nitrogen and oxygen atoms in total. The van der Waals surface area contributed by atoms with Gasteiger partial charge < -0.3 is 9.84 Å². The van der Waals surface area contributed by atoms with Crippen LogP contribution in [0.5, 0.6) is 5.75 Å². The highest BCUT2D eigenvalue weighted by Crippen LogP contribution is 2.38. The zero-order valence-electron chi connectivity index (χ0n) is 20.0. The molecular weight excluding hydrogens is 466 g/mol. The first kappa shape index (κ1) is 23.7. The number of nitrogens with zero attached hydrogens (tertiary/aromatic N) is 3. The number of benzene rings is 3. The van der Waals surface area contributed by atoms with E-state index < -0.39 is 17.9 Å². The van der Waals surface area contributed by atoms with Gasteiger partial charge in [-0.15, -0.1) is 0 Å². The van der Waals surface area contributed by atoms with Gasteiger partial charge in [0, 0.05) is 22.8 Å². The van der Waals surface area contributed by atoms with E-state index in [9.17, 15) is 14.7 Å². The highest BCUT2D eigenvalue weighted by atomic mass is 16.5. The fourth-order valence-electron chi connectivity index (χ4n) is 4.32. The summed E-state index contributed by atoms with van der Waals surface area (Å²) >= 11 is 0. The molecule has 0 saturated heterocycles. The van der Waals surface area contributed by atoms with Crippen molar-refractivity contribution in [1.82, 2.24) is 9.97 Å². The first-order valence-corrected chi connectivity index (χ1v) is 11.6. The lowest BCUT2D eigenvalue weighted by atomic mass is 9.99. The normalized spacial score (nSPS) is 11.6. The number of fused-ring (bicyclic) bond motifs is 1. The zero-order valence-corrected chi connectivity index (χ0v) is 20.0. The summed E-state index contributed by atoms with van der Waals surface area (Å²) in [5.74, 6) is -1.54. The lowest BCUT2D eigenvalue weighted by Gasteiger charge is -2.30. The molecule has 1 N–H and O–H groups in total. The van der Waals surface area contributed by atoms with Gasteiger partial charge >= 0.3 is 5.97 Å². The smallest absolute Gasteiger partial charge is 0.335 e. The zero-order chi connectivity index (χ0) is 25.8. The Bertz CT molecular complexity index is 1560. The Balaban J connectivity index is 1.78. The Morgan fingerprint density at radius 2 is 1.49 bits per heavy atom. The molecule has 5 aromatic rings. The van der Waals surface area contributed by atoms with E-state index in [0.29, 0.717) is 27.8 Å². The first-order chi connectivity index (χ1) is 18.1. The van der Waals surface area contributed by atoms with Crippen molar-refractivity contribution >= 4 is 28.5 Å². The van der Waals surface area contributed by atoms with Gasteiger partial charge in [-0.1, -0.05) is 72.8 Å². The van der Waals surface area contributed by atoms with Crippen LogP contribution < -0.4 is 4.90 Å². The predicted octanol–water partition coefficient (Wildman–Crippen LogP) is 5.56. The van der Waals surface area contributed by atoms with Crippen molar-refractivity contribution in [2.24, 2.45) is 0 Å². The molecule has 0 spiro atoms. The van der Waals surface area contributed by atoms with Crippen molar-refractivity contribution in [3.63, 3.8) is 0 Å². The molecule has 182 valence electrons. The number of esters is 1. The van der Waals surface area contributed by atoms with Crippen LogP contribution in [-0.4, -0.2) is 34.1 Å². The Kier molecular flexibility index (Phi) is 6.59. The molecule has 0 saturated carbocycles. The molecule has 2 aromatic heterocycles. The summed E-state index contributed by atoms with van der Waals surface area (Å²) in [6.45, 7) is 0. The number of carbonyl (C=O) groups is 2. The number of amides is 1. The third-order valence-electron chi connectivity index (χ3n) is 6.03. The van der Waals surface area contributed by atoms with Crippen molar-refractivity contribution in [3.05, 3.63) is 121 Å². The molecule has 3 aromatic carbocycles. The summed E-state index contributed by atoms with van der Waals surface area (Å²) in [6, 6.07) is 28.9. The number of para-hydroxylation sites is 2. The molecule has 0 fully saturated rings. The lowest BCUT2D eigenvalue weighted by molar-refractivity contribution is -0.142. The number of ether oxygens (including phenoxy) is 1. The van der Waals surface area contributed by atoms with Crippen molar-refractivity contribution in [2.75, 3.05) is 12.0 Å². The molecule has 0 aliphatic rings. The van der Waals surface area contributed by atoms with E-state index in [0.717, 1.165) is 0 Å². The van der Waals surface area contributed by atoms with Gasteiger partial charge in [0.2, 0.25) is 0 Å². The van der Waals surface area contributed by atoms with Gasteiger partial charge in [-0.3, -0.25) is 14.7 Å². The second-order valence-corrected chi connectivity index (χ2v) is 8.26. The molecule has 0 aliphatic heterocycles. The average Bonchev–Trinajstić information content (AvgIpc) is 2.96. The number of hydrogen-bond donors (Lipinski definition) is 1. The highest BCUT2D eigenvalue weighted by molar-refractivity contribution is 6.18. The molecule has 5 rings (SSSR count). The maximum Gasteiger partial charge on any atom is 0.335 e. The maximum absolute atomic E-state index is 14.5. The van der Waals surface area contributed by atoms with Gasteiger partial charge in [-0.2, -0.15) is 0 Å². The average molecular weight is 490 g/mol. The molecule has 0 bridgehead atoms. The third kappa shape index (κ3) is 4.50. The number of pyridine rings is 2. The predicted molar refractivity (Wildman–Crippen MR) is 141 cm³/mol. The fraction of sp³-hybridized carbons (Fsp3) is 0.0667. The van der Waals surface area contributed by atoms with Crippen LogP contribution in [0.1, 0.15) is 22.1 Å². The lowest BCUT2D eigenvalue weighted by Crippen LogP contribution is -2.40. The van der Waals surface area contributed by atoms with Crippen molar-refractivity contribution in [3.8, 4) is 17.0 Å². The number of methoxy groups -OCH3 is 1. The summed E-state index contributed by atoms with van der Waals surface area (Å²) in [7, 11) is 1.26. The van der Waals surface area contributed by atoms with Crippen LogP contribution in [0.25, 0.3) is 22.2 Å². The van der Waals surface area contributed by atoms with Gasteiger partial charge in [0.15, 0.2) is 11.8 Å². The van der Waals surface area contributed by atoms with Crippen LogP contribution in [0.4, 0.5) is 5.69 Å². The largest absolute Gasteiger partial charge is 0.505 e. The fourth-order valence-corrected chi connectivity index (χ4v) is 4.32. The minimum absolute atomic E-state index is 0.0261. The number of aromatic nitrogens is 2. The summed E-state index contributed by atoms with van der Waals surface area (Å²) in [4.78, 5) is 38.0. The standard InChI is InChI=1S/C30H23N3O4/c1-37-30(36)27(24-18-10-11-19-31-24)33(21-14-6-3-7-15-21)29(35)25-22-16-8-9-17-23(22)32-26(28(25)34)20-12-4-2-5-13-20/h2-19,27,34H,1H3. The Morgan fingerprint density at radius 3 is 2.16 bits per heavy atom. The minimum Gasteiger partial charge on any atom is -0.505 e. The summed E-state index contributed by atoms with van der Waals surface area (Å²) in [6.07, 6.45) is 1.55. The summed E-state index contributed by atoms with van der Waals surface area (Å²) < 4.78 is 5.12. The van der Waals surface area contributed by atoms with E-state index >= 15 is 0 Å². The number of anilines is 1. The Hall–Kier alpha value is -5.04. The van der Waals surface area contributed by atoms with Gasteiger partial charge in [-0.25, -0.2) is 9.78 Å². The molecule has 1 unspecified atom stereocenters. The number of hydrogen-bond acceptors (Lipinski definition) is 6. The van der Waals surface area contributed by atoms with Crippen molar-refractivity contribution in [1.29, 1.82) is 0 Å². The molecule has 37 heavy (non-hydrogen) atoms. The molecule has 0 aliphatic carbocycles. The topological polar surface area (TPSA) is 92.6 Å². The van der Waals surface area contributed by atoms with E-state index in [4.69, 9.17) is 4.74 Å². The van der Waals surface area contributed by atoms with E-state index in [-0.39, 0.29) is 17.0 Å². The highest BCUT2D eigenvalue weighted by Gasteiger charge is 2.37. The molecule has 1 amide bonds. The second-order valence-electron chi connectivity index (χ2n) is 8.26. The minimum atomic E-state index is -1.20. The van der Waals surface area contributed by atoms with Crippen molar-refractivity contribution in [2.45, 2.75) is 6.04 Å². The van der Waals surface area contributed by atoms with Crippen LogP contribution in [0.15, 0.2) is 109 Å². The first-order valence-electron chi connectivity index (χ1n) is 11.6. The van der Waals surface area contributed by atoms with Crippen LogP contribution in [0.2, 0.25) is 0 Å².